The van der Waals surface area contributed by atoms with Gasteiger partial charge in [-0.2, -0.15) is 5.10 Å². The Morgan fingerprint density at radius 3 is 2.62 bits per heavy atom. The topological polar surface area (TPSA) is 115 Å². The molecule has 0 spiro atoms. The highest BCUT2D eigenvalue weighted by atomic mass is 16.6. The van der Waals surface area contributed by atoms with E-state index in [1.165, 1.54) is 12.5 Å². The lowest BCUT2D eigenvalue weighted by atomic mass is 9.80. The fourth-order valence-corrected chi connectivity index (χ4v) is 5.72. The van der Waals surface area contributed by atoms with Gasteiger partial charge in [-0.15, -0.1) is 5.10 Å². The highest BCUT2D eigenvalue weighted by Crippen LogP contribution is 2.43. The van der Waals surface area contributed by atoms with Crippen molar-refractivity contribution < 1.29 is 28.3 Å². The number of anilines is 1. The molecule has 5 heterocycles. The quantitative estimate of drug-likeness (QED) is 0.542. The summed E-state index contributed by atoms with van der Waals surface area (Å²) >= 11 is 0. The molecule has 32 heavy (non-hydrogen) atoms. The Labute approximate surface area is 186 Å². The number of carbonyl (C=O) groups excluding carboxylic acids is 2. The molecule has 2 aromatic rings. The van der Waals surface area contributed by atoms with Crippen molar-refractivity contribution in [2.75, 3.05) is 25.0 Å². The molecule has 2 atom stereocenters. The first-order chi connectivity index (χ1) is 15.5. The lowest BCUT2D eigenvalue weighted by molar-refractivity contribution is -0.869. The van der Waals surface area contributed by atoms with Crippen LogP contribution < -0.4 is 5.32 Å². The van der Waals surface area contributed by atoms with E-state index < -0.39 is 17.7 Å². The molecule has 170 valence electrons. The third-order valence-electron chi connectivity index (χ3n) is 7.63. The van der Waals surface area contributed by atoms with E-state index >= 15 is 0 Å². The van der Waals surface area contributed by atoms with Gasteiger partial charge in [0.2, 0.25) is 0 Å². The van der Waals surface area contributed by atoms with Gasteiger partial charge in [0, 0.05) is 36.4 Å². The van der Waals surface area contributed by atoms with E-state index in [1.807, 2.05) is 0 Å². The summed E-state index contributed by atoms with van der Waals surface area (Å²) in [6.07, 6.45) is 9.11. The largest absolute Gasteiger partial charge is 0.472 e. The van der Waals surface area contributed by atoms with E-state index in [0.29, 0.717) is 31.0 Å². The average molecular weight is 442 g/mol. The summed E-state index contributed by atoms with van der Waals surface area (Å²) in [4.78, 5) is 26.6. The maximum atomic E-state index is 13.4. The smallest absolute Gasteiger partial charge is 0.422 e. The van der Waals surface area contributed by atoms with E-state index in [1.54, 1.807) is 24.4 Å². The number of ether oxygens (including phenoxy) is 1. The van der Waals surface area contributed by atoms with Crippen LogP contribution >= 0.6 is 0 Å². The van der Waals surface area contributed by atoms with E-state index in [0.717, 1.165) is 38.5 Å². The molecule has 0 radical (unpaired) electrons. The van der Waals surface area contributed by atoms with Crippen LogP contribution in [-0.2, 0) is 15.1 Å². The van der Waals surface area contributed by atoms with Gasteiger partial charge in [-0.1, -0.05) is 12.8 Å². The molecule has 9 heteroatoms. The maximum Gasteiger partial charge on any atom is 0.422 e. The number of hydrogen-bond acceptors (Lipinski definition) is 7. The lowest BCUT2D eigenvalue weighted by Gasteiger charge is -2.49. The van der Waals surface area contributed by atoms with Crippen molar-refractivity contribution in [3.05, 3.63) is 42.5 Å². The Morgan fingerprint density at radius 2 is 1.97 bits per heavy atom. The van der Waals surface area contributed by atoms with Crippen molar-refractivity contribution in [1.29, 1.82) is 0 Å². The fraction of sp³-hybridized carbons (Fsp3) is 0.565. The summed E-state index contributed by atoms with van der Waals surface area (Å²) in [7, 11) is 0. The van der Waals surface area contributed by atoms with Crippen LogP contribution in [0.1, 0.15) is 44.1 Å². The van der Waals surface area contributed by atoms with Crippen molar-refractivity contribution in [2.24, 2.45) is 11.8 Å². The number of carbonyl (C=O) groups is 2. The van der Waals surface area contributed by atoms with E-state index in [4.69, 9.17) is 9.15 Å². The summed E-state index contributed by atoms with van der Waals surface area (Å²) in [5.41, 5.74) is -1.28. The highest BCUT2D eigenvalue weighted by molar-refractivity contribution is 5.83. The van der Waals surface area contributed by atoms with E-state index in [9.17, 15) is 14.7 Å². The Bertz CT molecular complexity index is 952. The summed E-state index contributed by atoms with van der Waals surface area (Å²) < 4.78 is 11.4. The summed E-state index contributed by atoms with van der Waals surface area (Å²) in [6, 6.07) is 4.89. The number of urea groups is 1. The summed E-state index contributed by atoms with van der Waals surface area (Å²) in [5.74, 6) is -0.226. The number of aromatic nitrogens is 2. The van der Waals surface area contributed by atoms with E-state index in [-0.39, 0.29) is 22.3 Å². The number of nitrogens with zero attached hydrogens (tertiary/aromatic N) is 3. The molecule has 2 bridgehead atoms. The molecule has 2 N–H and O–H groups in total. The zero-order valence-electron chi connectivity index (χ0n) is 18.0. The number of quaternary nitrogens is 1. The maximum absolute atomic E-state index is 13.4. The van der Waals surface area contributed by atoms with Gasteiger partial charge in [-0.3, -0.25) is 5.32 Å². The SMILES string of the molecule is O=C(OC1C[N+]2(C(=O)Nc3cccnn3)CCC1CC2)[C@](O)(c1ccoc1)C1CCCC1. The zero-order valence-corrected chi connectivity index (χ0v) is 18.0. The molecule has 1 unspecified atom stereocenters. The van der Waals surface area contributed by atoms with Crippen LogP contribution in [0.25, 0.3) is 0 Å². The van der Waals surface area contributed by atoms with Crippen molar-refractivity contribution in [3.63, 3.8) is 0 Å². The Hall–Kier alpha value is -2.78. The van der Waals surface area contributed by atoms with Crippen LogP contribution in [0.4, 0.5) is 10.6 Å². The number of nitrogens with one attached hydrogen (secondary N) is 1. The van der Waals surface area contributed by atoms with Crippen LogP contribution in [0.5, 0.6) is 0 Å². The molecule has 0 aromatic carbocycles. The number of piperidine rings is 3. The lowest BCUT2D eigenvalue weighted by Crippen LogP contribution is -2.68. The molecule has 1 saturated carbocycles. The van der Waals surface area contributed by atoms with E-state index in [2.05, 4.69) is 15.5 Å². The summed E-state index contributed by atoms with van der Waals surface area (Å²) in [6.45, 7) is 1.79. The standard InChI is InChI=1S/C23H28N4O5/c28-21(23(30,17-4-1-2-5-17)18-9-13-31-15-18)32-19-14-27(11-7-16(19)8-12-27)22(29)25-20-6-3-10-24-26-20/h3,6,9-10,13,15-17,19,30H,1-2,4-5,7-8,11-12,14H2/p+1/t16?,19?,23-,27?/m1/s1. The fourth-order valence-electron chi connectivity index (χ4n) is 5.72. The van der Waals surface area contributed by atoms with Gasteiger partial charge in [0.25, 0.3) is 0 Å². The molecule has 3 aliphatic heterocycles. The highest BCUT2D eigenvalue weighted by Gasteiger charge is 2.55. The monoisotopic (exact) mass is 441 g/mol. The molecule has 6 rings (SSSR count). The number of amides is 2. The Balaban J connectivity index is 1.34. The average Bonchev–Trinajstić information content (AvgIpc) is 3.55. The van der Waals surface area contributed by atoms with Gasteiger partial charge in [0.05, 0.1) is 25.6 Å². The van der Waals surface area contributed by atoms with Gasteiger partial charge in [-0.05, 0) is 31.0 Å². The molecular formula is C23H29N4O5+. The molecule has 9 nitrogen and oxygen atoms in total. The second-order valence-corrected chi connectivity index (χ2v) is 9.35. The van der Waals surface area contributed by atoms with Crippen molar-refractivity contribution in [1.82, 2.24) is 10.2 Å². The minimum atomic E-state index is -1.72. The number of rotatable bonds is 5. The second kappa shape index (κ2) is 8.29. The molecule has 1 aliphatic carbocycles. The third kappa shape index (κ3) is 3.59. The number of hydrogen-bond donors (Lipinski definition) is 2. The van der Waals surface area contributed by atoms with Gasteiger partial charge in [0.1, 0.15) is 6.54 Å². The van der Waals surface area contributed by atoms with Crippen LogP contribution in [-0.4, -0.2) is 57.5 Å². The van der Waals surface area contributed by atoms with Crippen LogP contribution in [0.3, 0.4) is 0 Å². The van der Waals surface area contributed by atoms with Crippen molar-refractivity contribution in [2.45, 2.75) is 50.2 Å². The van der Waals surface area contributed by atoms with Crippen LogP contribution in [0, 0.1) is 11.8 Å². The molecule has 2 amide bonds. The number of esters is 1. The number of furan rings is 1. The predicted molar refractivity (Wildman–Crippen MR) is 113 cm³/mol. The molecule has 3 saturated heterocycles. The molecular weight excluding hydrogens is 412 g/mol. The zero-order chi connectivity index (χ0) is 22.2. The van der Waals surface area contributed by atoms with Gasteiger partial charge < -0.3 is 14.3 Å². The van der Waals surface area contributed by atoms with Crippen molar-refractivity contribution >= 4 is 17.8 Å². The van der Waals surface area contributed by atoms with Gasteiger partial charge in [-0.25, -0.2) is 14.1 Å². The number of fused-ring (bicyclic) bond motifs is 3. The number of aliphatic hydroxyl groups is 1. The molecule has 4 aliphatic rings. The predicted octanol–water partition coefficient (Wildman–Crippen LogP) is 2.83. The van der Waals surface area contributed by atoms with Gasteiger partial charge >= 0.3 is 12.0 Å². The second-order valence-electron chi connectivity index (χ2n) is 9.35. The Kier molecular flexibility index (Phi) is 5.46. The van der Waals surface area contributed by atoms with Crippen LogP contribution in [0.15, 0.2) is 41.3 Å². The molecule has 2 aromatic heterocycles. The minimum Gasteiger partial charge on any atom is -0.472 e. The molecule has 4 fully saturated rings. The minimum absolute atomic E-state index is 0.161. The van der Waals surface area contributed by atoms with Crippen molar-refractivity contribution in [3.8, 4) is 0 Å². The third-order valence-corrected chi connectivity index (χ3v) is 7.63. The first-order valence-electron chi connectivity index (χ1n) is 11.4. The first-order valence-corrected chi connectivity index (χ1v) is 11.4. The van der Waals surface area contributed by atoms with Gasteiger partial charge in [0.15, 0.2) is 17.5 Å². The first kappa shape index (κ1) is 21.1. The Morgan fingerprint density at radius 1 is 1.19 bits per heavy atom. The van der Waals surface area contributed by atoms with Crippen LogP contribution in [0.2, 0.25) is 0 Å². The normalized spacial score (nSPS) is 29.4. The summed E-state index contributed by atoms with van der Waals surface area (Å²) in [5, 5.41) is 22.2.